The van der Waals surface area contributed by atoms with Crippen molar-refractivity contribution < 1.29 is 0 Å². The SMILES string of the molecule is CCCN=C(NCC)NCCCCN1CCN(C)CC1.I. The average molecular weight is 411 g/mol. The van der Waals surface area contributed by atoms with Gasteiger partial charge in [0.1, 0.15) is 0 Å². The molecule has 5 nitrogen and oxygen atoms in total. The fourth-order valence-electron chi connectivity index (χ4n) is 2.30. The molecule has 0 spiro atoms. The minimum atomic E-state index is 0. The van der Waals surface area contributed by atoms with Crippen LogP contribution in [0.1, 0.15) is 33.1 Å². The molecule has 1 aliphatic rings. The van der Waals surface area contributed by atoms with Crippen LogP contribution in [-0.2, 0) is 0 Å². The molecule has 0 aromatic rings. The smallest absolute Gasteiger partial charge is 0.191 e. The maximum Gasteiger partial charge on any atom is 0.191 e. The van der Waals surface area contributed by atoms with Crippen LogP contribution in [0.3, 0.4) is 0 Å². The van der Waals surface area contributed by atoms with Crippen LogP contribution in [-0.4, -0.2) is 75.2 Å². The topological polar surface area (TPSA) is 42.9 Å². The molecule has 0 saturated carbocycles. The van der Waals surface area contributed by atoms with Gasteiger partial charge in [-0.15, -0.1) is 24.0 Å². The normalized spacial score (nSPS) is 17.4. The summed E-state index contributed by atoms with van der Waals surface area (Å²) in [6.45, 7) is 13.2. The number of likely N-dealkylation sites (N-methyl/N-ethyl adjacent to an activating group) is 1. The van der Waals surface area contributed by atoms with Crippen molar-refractivity contribution >= 4 is 29.9 Å². The third kappa shape index (κ3) is 10.3. The molecule has 6 heteroatoms. The van der Waals surface area contributed by atoms with Crippen LogP contribution < -0.4 is 10.6 Å². The number of hydrogen-bond acceptors (Lipinski definition) is 3. The summed E-state index contributed by atoms with van der Waals surface area (Å²) >= 11 is 0. The molecule has 0 radical (unpaired) electrons. The van der Waals surface area contributed by atoms with Gasteiger partial charge in [-0.25, -0.2) is 0 Å². The molecule has 0 aliphatic carbocycles. The molecule has 0 atom stereocenters. The van der Waals surface area contributed by atoms with Crippen molar-refractivity contribution in [3.8, 4) is 0 Å². The molecule has 2 N–H and O–H groups in total. The lowest BCUT2D eigenvalue weighted by Gasteiger charge is -2.32. The zero-order valence-electron chi connectivity index (χ0n) is 14.0. The lowest BCUT2D eigenvalue weighted by Crippen LogP contribution is -2.44. The van der Waals surface area contributed by atoms with Gasteiger partial charge in [-0.1, -0.05) is 6.92 Å². The van der Waals surface area contributed by atoms with Gasteiger partial charge < -0.3 is 20.4 Å². The molecule has 0 bridgehead atoms. The zero-order valence-corrected chi connectivity index (χ0v) is 16.4. The Morgan fingerprint density at radius 3 is 2.38 bits per heavy atom. The Morgan fingerprint density at radius 1 is 1.05 bits per heavy atom. The number of nitrogens with one attached hydrogen (secondary N) is 2. The van der Waals surface area contributed by atoms with E-state index in [1.54, 1.807) is 0 Å². The van der Waals surface area contributed by atoms with Gasteiger partial charge in [0.2, 0.25) is 0 Å². The number of unbranched alkanes of at least 4 members (excludes halogenated alkanes) is 1. The second-order valence-electron chi connectivity index (χ2n) is 5.54. The molecule has 21 heavy (non-hydrogen) atoms. The molecule has 0 amide bonds. The Labute approximate surface area is 148 Å². The number of rotatable bonds is 8. The molecule has 1 heterocycles. The van der Waals surface area contributed by atoms with E-state index in [0.717, 1.165) is 32.0 Å². The quantitative estimate of drug-likeness (QED) is 0.276. The van der Waals surface area contributed by atoms with Gasteiger partial charge in [0.15, 0.2) is 5.96 Å². The van der Waals surface area contributed by atoms with Gasteiger partial charge in [0.05, 0.1) is 0 Å². The number of piperazine rings is 1. The Balaban J connectivity index is 0.00000400. The number of nitrogens with zero attached hydrogens (tertiary/aromatic N) is 3. The predicted octanol–water partition coefficient (Wildman–Crippen LogP) is 1.60. The minimum Gasteiger partial charge on any atom is -0.357 e. The first-order chi connectivity index (χ1) is 9.76. The minimum absolute atomic E-state index is 0. The molecular weight excluding hydrogens is 377 g/mol. The van der Waals surface area contributed by atoms with Crippen molar-refractivity contribution in [3.63, 3.8) is 0 Å². The summed E-state index contributed by atoms with van der Waals surface area (Å²) in [5.41, 5.74) is 0. The molecule has 0 unspecified atom stereocenters. The number of aliphatic imine (C=N–C) groups is 1. The van der Waals surface area contributed by atoms with E-state index in [4.69, 9.17) is 0 Å². The molecule has 1 rings (SSSR count). The summed E-state index contributed by atoms with van der Waals surface area (Å²) in [5.74, 6) is 0.967. The van der Waals surface area contributed by atoms with Crippen LogP contribution in [0.4, 0.5) is 0 Å². The van der Waals surface area contributed by atoms with E-state index in [9.17, 15) is 0 Å². The molecule has 1 saturated heterocycles. The Kier molecular flexibility index (Phi) is 13.5. The number of guanidine groups is 1. The molecular formula is C15H34IN5. The van der Waals surface area contributed by atoms with Gasteiger partial charge >= 0.3 is 0 Å². The molecule has 126 valence electrons. The fourth-order valence-corrected chi connectivity index (χ4v) is 2.30. The summed E-state index contributed by atoms with van der Waals surface area (Å²) in [6, 6.07) is 0. The van der Waals surface area contributed by atoms with Crippen molar-refractivity contribution in [2.75, 3.05) is 59.4 Å². The van der Waals surface area contributed by atoms with E-state index < -0.39 is 0 Å². The largest absolute Gasteiger partial charge is 0.357 e. The van der Waals surface area contributed by atoms with Crippen LogP contribution in [0, 0.1) is 0 Å². The van der Waals surface area contributed by atoms with E-state index in [2.05, 4.69) is 46.3 Å². The third-order valence-corrected chi connectivity index (χ3v) is 3.63. The highest BCUT2D eigenvalue weighted by atomic mass is 127. The van der Waals surface area contributed by atoms with Crippen molar-refractivity contribution in [2.24, 2.45) is 4.99 Å². The maximum atomic E-state index is 4.51. The molecule has 1 fully saturated rings. The first-order valence-corrected chi connectivity index (χ1v) is 8.19. The zero-order chi connectivity index (χ0) is 14.6. The van der Waals surface area contributed by atoms with Gasteiger partial charge in [-0.05, 0) is 39.8 Å². The lowest BCUT2D eigenvalue weighted by atomic mass is 10.2. The Morgan fingerprint density at radius 2 is 1.76 bits per heavy atom. The van der Waals surface area contributed by atoms with Gasteiger partial charge in [0.25, 0.3) is 0 Å². The van der Waals surface area contributed by atoms with Crippen LogP contribution in [0.5, 0.6) is 0 Å². The van der Waals surface area contributed by atoms with E-state index in [1.807, 2.05) is 0 Å². The molecule has 1 aliphatic heterocycles. The highest BCUT2D eigenvalue weighted by Gasteiger charge is 2.12. The second kappa shape index (κ2) is 13.6. The van der Waals surface area contributed by atoms with Crippen molar-refractivity contribution in [2.45, 2.75) is 33.1 Å². The maximum absolute atomic E-state index is 4.51. The summed E-state index contributed by atoms with van der Waals surface area (Å²) < 4.78 is 0. The first kappa shape index (κ1) is 20.9. The van der Waals surface area contributed by atoms with Crippen molar-refractivity contribution in [1.29, 1.82) is 0 Å². The lowest BCUT2D eigenvalue weighted by molar-refractivity contribution is 0.152. The van der Waals surface area contributed by atoms with Gasteiger partial charge in [-0.3, -0.25) is 4.99 Å². The highest BCUT2D eigenvalue weighted by Crippen LogP contribution is 2.01. The second-order valence-corrected chi connectivity index (χ2v) is 5.54. The monoisotopic (exact) mass is 411 g/mol. The van der Waals surface area contributed by atoms with E-state index in [-0.39, 0.29) is 24.0 Å². The predicted molar refractivity (Wildman–Crippen MR) is 103 cm³/mol. The van der Waals surface area contributed by atoms with Crippen LogP contribution in [0.2, 0.25) is 0 Å². The van der Waals surface area contributed by atoms with E-state index >= 15 is 0 Å². The molecule has 0 aromatic heterocycles. The first-order valence-electron chi connectivity index (χ1n) is 8.19. The van der Waals surface area contributed by atoms with Crippen LogP contribution in [0.15, 0.2) is 4.99 Å². The fraction of sp³-hybridized carbons (Fsp3) is 0.933. The third-order valence-electron chi connectivity index (χ3n) is 3.63. The molecule has 0 aromatic carbocycles. The standard InChI is InChI=1S/C15H33N5.HI/c1-4-8-17-15(16-5-2)18-9-6-7-10-20-13-11-19(3)12-14-20;/h4-14H2,1-3H3,(H2,16,17,18);1H. The van der Waals surface area contributed by atoms with Crippen LogP contribution in [0.25, 0.3) is 0 Å². The average Bonchev–Trinajstić information content (AvgIpc) is 2.46. The number of hydrogen-bond donors (Lipinski definition) is 2. The number of halogens is 1. The van der Waals surface area contributed by atoms with Crippen molar-refractivity contribution in [3.05, 3.63) is 0 Å². The van der Waals surface area contributed by atoms with Crippen molar-refractivity contribution in [1.82, 2.24) is 20.4 Å². The Bertz CT molecular complexity index is 265. The summed E-state index contributed by atoms with van der Waals surface area (Å²) in [5, 5.41) is 6.70. The Hall–Kier alpha value is -0.0800. The van der Waals surface area contributed by atoms with Gasteiger partial charge in [-0.2, -0.15) is 0 Å². The van der Waals surface area contributed by atoms with E-state index in [1.165, 1.54) is 45.6 Å². The summed E-state index contributed by atoms with van der Waals surface area (Å²) in [4.78, 5) is 9.49. The highest BCUT2D eigenvalue weighted by molar-refractivity contribution is 14.0. The summed E-state index contributed by atoms with van der Waals surface area (Å²) in [6.07, 6.45) is 3.58. The van der Waals surface area contributed by atoms with Crippen LogP contribution >= 0.6 is 24.0 Å². The summed E-state index contributed by atoms with van der Waals surface area (Å²) in [7, 11) is 2.21. The van der Waals surface area contributed by atoms with E-state index in [0.29, 0.717) is 0 Å². The van der Waals surface area contributed by atoms with Gasteiger partial charge in [0, 0.05) is 45.8 Å².